The molecule has 2 amide bonds. The summed E-state index contributed by atoms with van der Waals surface area (Å²) in [6.07, 6.45) is 0. The van der Waals surface area contributed by atoms with E-state index in [1.807, 2.05) is 39.9 Å². The zero-order valence-corrected chi connectivity index (χ0v) is 19.5. The first-order valence-electron chi connectivity index (χ1n) is 10.7. The second-order valence-electron chi connectivity index (χ2n) is 7.63. The van der Waals surface area contributed by atoms with Gasteiger partial charge < -0.3 is 19.7 Å². The summed E-state index contributed by atoms with van der Waals surface area (Å²) in [5.74, 6) is 1.21. The number of hydrogen-bond donors (Lipinski definition) is 2. The third-order valence-corrected chi connectivity index (χ3v) is 6.33. The number of aromatic nitrogens is 2. The number of aromatic amines is 1. The summed E-state index contributed by atoms with van der Waals surface area (Å²) in [5, 5.41) is 13.9. The molecule has 0 bridgehead atoms. The van der Waals surface area contributed by atoms with Gasteiger partial charge in [0.25, 0.3) is 11.8 Å². The first kappa shape index (κ1) is 22.8. The number of nitrogens with one attached hydrogen (secondary N) is 2. The predicted octanol–water partition coefficient (Wildman–Crippen LogP) is 2.34. The van der Waals surface area contributed by atoms with Crippen LogP contribution in [0.3, 0.4) is 0 Å². The number of ether oxygens (including phenoxy) is 2. The second kappa shape index (κ2) is 10.5. The minimum absolute atomic E-state index is 0.0484. The molecule has 0 radical (unpaired) electrons. The lowest BCUT2D eigenvalue weighted by Crippen LogP contribution is -2.50. The molecule has 0 atom stereocenters. The molecule has 3 heterocycles. The van der Waals surface area contributed by atoms with Gasteiger partial charge in [0.05, 0.1) is 19.9 Å². The molecule has 1 aliphatic heterocycles. The van der Waals surface area contributed by atoms with Crippen molar-refractivity contribution in [2.45, 2.75) is 0 Å². The van der Waals surface area contributed by atoms with Gasteiger partial charge in [-0.25, -0.2) is 0 Å². The summed E-state index contributed by atoms with van der Waals surface area (Å²) in [6.45, 7) is 4.08. The van der Waals surface area contributed by atoms with E-state index in [1.165, 1.54) is 11.3 Å². The highest BCUT2D eigenvalue weighted by molar-refractivity contribution is 7.08. The number of amides is 2. The molecule has 2 N–H and O–H groups in total. The summed E-state index contributed by atoms with van der Waals surface area (Å²) < 4.78 is 10.7. The SMILES string of the molecule is COc1ccc(OC)c(-c2cc(C(=O)N3CCN(CCNC(=O)c4ccsc4)CC3)[nH]n2)c1. The van der Waals surface area contributed by atoms with E-state index in [1.54, 1.807) is 20.3 Å². The summed E-state index contributed by atoms with van der Waals surface area (Å²) in [5.41, 5.74) is 2.50. The molecule has 2 aromatic heterocycles. The van der Waals surface area contributed by atoms with Crippen molar-refractivity contribution in [3.63, 3.8) is 0 Å². The Morgan fingerprint density at radius 3 is 2.64 bits per heavy atom. The van der Waals surface area contributed by atoms with Gasteiger partial charge >= 0.3 is 0 Å². The van der Waals surface area contributed by atoms with Crippen molar-refractivity contribution in [3.05, 3.63) is 52.3 Å². The smallest absolute Gasteiger partial charge is 0.271 e. The van der Waals surface area contributed by atoms with Crippen molar-refractivity contribution in [3.8, 4) is 22.8 Å². The van der Waals surface area contributed by atoms with Crippen molar-refractivity contribution in [2.75, 3.05) is 53.5 Å². The fourth-order valence-corrected chi connectivity index (χ4v) is 4.39. The molecule has 174 valence electrons. The van der Waals surface area contributed by atoms with Crippen molar-refractivity contribution < 1.29 is 19.1 Å². The van der Waals surface area contributed by atoms with Gasteiger partial charge in [0.2, 0.25) is 0 Å². The lowest BCUT2D eigenvalue weighted by Gasteiger charge is -2.34. The Kier molecular flexibility index (Phi) is 7.26. The van der Waals surface area contributed by atoms with Gasteiger partial charge in [0.1, 0.15) is 17.2 Å². The third kappa shape index (κ3) is 5.35. The molecule has 0 aliphatic carbocycles. The fraction of sp³-hybridized carbons (Fsp3) is 0.348. The van der Waals surface area contributed by atoms with Gasteiger partial charge in [0, 0.05) is 55.8 Å². The lowest BCUT2D eigenvalue weighted by atomic mass is 10.1. The lowest BCUT2D eigenvalue weighted by molar-refractivity contribution is 0.0632. The van der Waals surface area contributed by atoms with Crippen LogP contribution in [0.15, 0.2) is 41.1 Å². The number of carbonyl (C=O) groups is 2. The number of methoxy groups -OCH3 is 2. The zero-order chi connectivity index (χ0) is 23.2. The van der Waals surface area contributed by atoms with E-state index in [0.29, 0.717) is 48.1 Å². The number of hydrogen-bond acceptors (Lipinski definition) is 7. The zero-order valence-electron chi connectivity index (χ0n) is 18.7. The highest BCUT2D eigenvalue weighted by Gasteiger charge is 2.24. The van der Waals surface area contributed by atoms with Gasteiger partial charge in [-0.05, 0) is 35.7 Å². The second-order valence-corrected chi connectivity index (χ2v) is 8.41. The number of thiophene rings is 1. The van der Waals surface area contributed by atoms with Crippen LogP contribution < -0.4 is 14.8 Å². The number of benzene rings is 1. The summed E-state index contributed by atoms with van der Waals surface area (Å²) in [6, 6.07) is 9.02. The average molecular weight is 470 g/mol. The van der Waals surface area contributed by atoms with E-state index in [-0.39, 0.29) is 11.8 Å². The van der Waals surface area contributed by atoms with E-state index in [0.717, 1.165) is 25.2 Å². The Labute approximate surface area is 196 Å². The maximum Gasteiger partial charge on any atom is 0.271 e. The highest BCUT2D eigenvalue weighted by atomic mass is 32.1. The predicted molar refractivity (Wildman–Crippen MR) is 126 cm³/mol. The molecule has 9 nitrogen and oxygen atoms in total. The molecule has 1 saturated heterocycles. The quantitative estimate of drug-likeness (QED) is 0.525. The van der Waals surface area contributed by atoms with Crippen LogP contribution in [0.5, 0.6) is 11.5 Å². The van der Waals surface area contributed by atoms with Crippen molar-refractivity contribution >= 4 is 23.2 Å². The molecule has 10 heteroatoms. The molecule has 1 aromatic carbocycles. The van der Waals surface area contributed by atoms with Crippen LogP contribution in [0.25, 0.3) is 11.3 Å². The van der Waals surface area contributed by atoms with Crippen LogP contribution in [-0.4, -0.2) is 85.3 Å². The monoisotopic (exact) mass is 469 g/mol. The Morgan fingerprint density at radius 2 is 1.94 bits per heavy atom. The number of rotatable bonds is 8. The van der Waals surface area contributed by atoms with Gasteiger partial charge in [-0.2, -0.15) is 16.4 Å². The van der Waals surface area contributed by atoms with Crippen LogP contribution in [0.4, 0.5) is 0 Å². The van der Waals surface area contributed by atoms with E-state index < -0.39 is 0 Å². The summed E-state index contributed by atoms with van der Waals surface area (Å²) in [4.78, 5) is 29.1. The van der Waals surface area contributed by atoms with Crippen LogP contribution in [-0.2, 0) is 0 Å². The van der Waals surface area contributed by atoms with Gasteiger partial charge in [-0.15, -0.1) is 0 Å². The minimum atomic E-state index is -0.0824. The van der Waals surface area contributed by atoms with E-state index in [9.17, 15) is 9.59 Å². The topological polar surface area (TPSA) is 99.8 Å². The Balaban J connectivity index is 1.30. The average Bonchev–Trinajstić information content (AvgIpc) is 3.56. The maximum atomic E-state index is 13.0. The number of H-pyrrole nitrogens is 1. The van der Waals surface area contributed by atoms with Crippen molar-refractivity contribution in [1.82, 2.24) is 25.3 Å². The molecule has 3 aromatic rings. The number of piperazine rings is 1. The normalized spacial score (nSPS) is 14.2. The van der Waals surface area contributed by atoms with Gasteiger partial charge in [-0.3, -0.25) is 19.6 Å². The molecule has 33 heavy (non-hydrogen) atoms. The molecular weight excluding hydrogens is 442 g/mol. The van der Waals surface area contributed by atoms with Crippen LogP contribution >= 0.6 is 11.3 Å². The largest absolute Gasteiger partial charge is 0.497 e. The van der Waals surface area contributed by atoms with Crippen LogP contribution in [0, 0.1) is 0 Å². The van der Waals surface area contributed by atoms with E-state index >= 15 is 0 Å². The molecule has 0 spiro atoms. The van der Waals surface area contributed by atoms with Crippen LogP contribution in [0.1, 0.15) is 20.8 Å². The molecule has 0 saturated carbocycles. The summed E-state index contributed by atoms with van der Waals surface area (Å²) in [7, 11) is 3.19. The van der Waals surface area contributed by atoms with Gasteiger partial charge in [0.15, 0.2) is 0 Å². The third-order valence-electron chi connectivity index (χ3n) is 5.65. The molecule has 1 fully saturated rings. The fourth-order valence-electron chi connectivity index (χ4n) is 3.75. The van der Waals surface area contributed by atoms with E-state index in [2.05, 4.69) is 20.4 Å². The van der Waals surface area contributed by atoms with E-state index in [4.69, 9.17) is 9.47 Å². The standard InChI is InChI=1S/C23H27N5O4S/c1-31-17-3-4-21(32-2)18(13-17)19-14-20(26-25-19)23(30)28-10-8-27(9-11-28)7-6-24-22(29)16-5-12-33-15-16/h3-5,12-15H,6-11H2,1-2H3,(H,24,29)(H,25,26). The summed E-state index contributed by atoms with van der Waals surface area (Å²) >= 11 is 1.51. The first-order valence-corrected chi connectivity index (χ1v) is 11.6. The van der Waals surface area contributed by atoms with Crippen molar-refractivity contribution in [1.29, 1.82) is 0 Å². The molecule has 0 unspecified atom stereocenters. The van der Waals surface area contributed by atoms with Gasteiger partial charge in [-0.1, -0.05) is 0 Å². The molecular formula is C23H27N5O4S. The van der Waals surface area contributed by atoms with Crippen molar-refractivity contribution in [2.24, 2.45) is 0 Å². The van der Waals surface area contributed by atoms with Crippen LogP contribution in [0.2, 0.25) is 0 Å². The Hall–Kier alpha value is -3.37. The Bertz CT molecular complexity index is 1090. The molecule has 1 aliphatic rings. The highest BCUT2D eigenvalue weighted by Crippen LogP contribution is 2.32. The maximum absolute atomic E-state index is 13.0. The Morgan fingerprint density at radius 1 is 1.12 bits per heavy atom. The minimum Gasteiger partial charge on any atom is -0.497 e. The number of carbonyl (C=O) groups excluding carboxylic acids is 2. The first-order chi connectivity index (χ1) is 16.1. The number of nitrogens with zero attached hydrogens (tertiary/aromatic N) is 3. The molecule has 4 rings (SSSR count).